The normalized spacial score (nSPS) is 10.7. The molecule has 1 aromatic heterocycles. The van der Waals surface area contributed by atoms with Crippen molar-refractivity contribution >= 4 is 29.0 Å². The van der Waals surface area contributed by atoms with Crippen LogP contribution in [0.1, 0.15) is 48.4 Å². The second-order valence-corrected chi connectivity index (χ2v) is 7.01. The third kappa shape index (κ3) is 5.54. The number of carbonyl (C=O) groups is 1. The Hall–Kier alpha value is -3.41. The molecule has 0 saturated heterocycles. The fourth-order valence-corrected chi connectivity index (χ4v) is 2.85. The molecule has 29 heavy (non-hydrogen) atoms. The van der Waals surface area contributed by atoms with Crippen LogP contribution in [0.25, 0.3) is 0 Å². The lowest BCUT2D eigenvalue weighted by atomic mass is 10.0. The highest BCUT2D eigenvalue weighted by atomic mass is 16.5. The molecule has 2 aromatic carbocycles. The first-order chi connectivity index (χ1) is 13.9. The lowest BCUT2D eigenvalue weighted by Crippen LogP contribution is -2.05. The van der Waals surface area contributed by atoms with Gasteiger partial charge in [0, 0.05) is 17.4 Å². The molecule has 0 atom stereocenters. The van der Waals surface area contributed by atoms with E-state index in [4.69, 9.17) is 4.74 Å². The minimum atomic E-state index is -0.327. The van der Waals surface area contributed by atoms with Crippen molar-refractivity contribution in [2.45, 2.75) is 33.6 Å². The van der Waals surface area contributed by atoms with Crippen LogP contribution in [0.4, 0.5) is 23.0 Å². The lowest BCUT2D eigenvalue weighted by molar-refractivity contribution is 0.0526. The van der Waals surface area contributed by atoms with Gasteiger partial charge in [-0.25, -0.2) is 14.8 Å². The van der Waals surface area contributed by atoms with Crippen LogP contribution < -0.4 is 10.6 Å². The fraction of sp³-hybridized carbons (Fsp3) is 0.261. The van der Waals surface area contributed by atoms with Gasteiger partial charge < -0.3 is 15.4 Å². The molecule has 0 saturated carbocycles. The average Bonchev–Trinajstić information content (AvgIpc) is 2.68. The first-order valence-corrected chi connectivity index (χ1v) is 9.71. The highest BCUT2D eigenvalue weighted by molar-refractivity contribution is 5.89. The van der Waals surface area contributed by atoms with Crippen LogP contribution in [0.15, 0.2) is 54.6 Å². The zero-order valence-corrected chi connectivity index (χ0v) is 17.2. The molecule has 150 valence electrons. The maximum atomic E-state index is 11.8. The molecule has 6 nitrogen and oxygen atoms in total. The lowest BCUT2D eigenvalue weighted by Gasteiger charge is -2.12. The molecule has 0 aliphatic heterocycles. The summed E-state index contributed by atoms with van der Waals surface area (Å²) >= 11 is 0. The number of nitrogens with zero attached hydrogens (tertiary/aromatic N) is 2. The van der Waals surface area contributed by atoms with E-state index in [9.17, 15) is 4.79 Å². The summed E-state index contributed by atoms with van der Waals surface area (Å²) in [6, 6.07) is 17.3. The molecule has 0 amide bonds. The van der Waals surface area contributed by atoms with Crippen molar-refractivity contribution in [3.63, 3.8) is 0 Å². The molecule has 0 aliphatic rings. The third-order valence-corrected chi connectivity index (χ3v) is 4.36. The molecule has 1 heterocycles. The minimum absolute atomic E-state index is 0.327. The van der Waals surface area contributed by atoms with Gasteiger partial charge in [-0.05, 0) is 61.7 Å². The van der Waals surface area contributed by atoms with Crippen molar-refractivity contribution in [1.29, 1.82) is 0 Å². The van der Waals surface area contributed by atoms with Crippen molar-refractivity contribution in [2.24, 2.45) is 0 Å². The predicted molar refractivity (Wildman–Crippen MR) is 116 cm³/mol. The molecule has 3 rings (SSSR count). The van der Waals surface area contributed by atoms with E-state index in [0.29, 0.717) is 35.5 Å². The Morgan fingerprint density at radius 1 is 0.931 bits per heavy atom. The van der Waals surface area contributed by atoms with Gasteiger partial charge >= 0.3 is 5.97 Å². The van der Waals surface area contributed by atoms with E-state index < -0.39 is 0 Å². The summed E-state index contributed by atoms with van der Waals surface area (Å²) < 4.78 is 5.01. The smallest absolute Gasteiger partial charge is 0.338 e. The summed E-state index contributed by atoms with van der Waals surface area (Å²) in [5, 5.41) is 6.57. The quantitative estimate of drug-likeness (QED) is 0.514. The van der Waals surface area contributed by atoms with Crippen molar-refractivity contribution in [2.75, 3.05) is 17.2 Å². The largest absolute Gasteiger partial charge is 0.462 e. The third-order valence-electron chi connectivity index (χ3n) is 4.36. The first-order valence-electron chi connectivity index (χ1n) is 9.71. The maximum absolute atomic E-state index is 11.8. The van der Waals surface area contributed by atoms with Crippen molar-refractivity contribution in [3.05, 3.63) is 71.5 Å². The zero-order chi connectivity index (χ0) is 20.8. The van der Waals surface area contributed by atoms with Crippen molar-refractivity contribution in [3.8, 4) is 0 Å². The summed E-state index contributed by atoms with van der Waals surface area (Å²) in [6.07, 6.45) is 0. The topological polar surface area (TPSA) is 76.1 Å². The maximum Gasteiger partial charge on any atom is 0.338 e. The molecule has 3 aromatic rings. The van der Waals surface area contributed by atoms with Crippen LogP contribution in [-0.2, 0) is 4.74 Å². The highest BCUT2D eigenvalue weighted by Crippen LogP contribution is 2.22. The van der Waals surface area contributed by atoms with Crippen LogP contribution in [-0.4, -0.2) is 22.5 Å². The van der Waals surface area contributed by atoms with E-state index >= 15 is 0 Å². The van der Waals surface area contributed by atoms with Gasteiger partial charge in [0.15, 0.2) is 0 Å². The van der Waals surface area contributed by atoms with Gasteiger partial charge in [0.1, 0.15) is 17.5 Å². The van der Waals surface area contributed by atoms with Crippen molar-refractivity contribution < 1.29 is 9.53 Å². The summed E-state index contributed by atoms with van der Waals surface area (Å²) in [4.78, 5) is 20.7. The Morgan fingerprint density at radius 3 is 1.93 bits per heavy atom. The number of aryl methyl sites for hydroxylation is 1. The summed E-state index contributed by atoms with van der Waals surface area (Å²) in [7, 11) is 0. The molecule has 0 unspecified atom stereocenters. The number of anilines is 4. The predicted octanol–water partition coefficient (Wildman–Crippen LogP) is 5.57. The molecule has 2 N–H and O–H groups in total. The molecule has 0 fully saturated rings. The summed E-state index contributed by atoms with van der Waals surface area (Å²) in [5.41, 5.74) is 3.60. The molecule has 0 spiro atoms. The van der Waals surface area contributed by atoms with Gasteiger partial charge in [-0.2, -0.15) is 0 Å². The van der Waals surface area contributed by atoms with Crippen LogP contribution >= 0.6 is 0 Å². The number of hydrogen-bond donors (Lipinski definition) is 2. The Labute approximate surface area is 171 Å². The number of carbonyl (C=O) groups excluding carboxylic acids is 1. The molecule has 0 bridgehead atoms. The molecular formula is C23H26N4O2. The fourth-order valence-electron chi connectivity index (χ4n) is 2.85. The SMILES string of the molecule is CCOC(=O)c1ccc(Nc2cc(Nc3ccc(C(C)C)cc3)nc(C)n2)cc1. The molecular weight excluding hydrogens is 364 g/mol. The number of hydrogen-bond acceptors (Lipinski definition) is 6. The van der Waals surface area contributed by atoms with Crippen LogP contribution in [0, 0.1) is 6.92 Å². The van der Waals surface area contributed by atoms with E-state index in [1.807, 2.05) is 37.3 Å². The zero-order valence-electron chi connectivity index (χ0n) is 17.2. The van der Waals surface area contributed by atoms with Crippen LogP contribution in [0.3, 0.4) is 0 Å². The Bertz CT molecular complexity index is 967. The molecule has 0 radical (unpaired) electrons. The second-order valence-electron chi connectivity index (χ2n) is 7.01. The van der Waals surface area contributed by atoms with Gasteiger partial charge in [-0.1, -0.05) is 26.0 Å². The van der Waals surface area contributed by atoms with Gasteiger partial charge in [-0.15, -0.1) is 0 Å². The Kier molecular flexibility index (Phi) is 6.44. The summed E-state index contributed by atoms with van der Waals surface area (Å²) in [5.74, 6) is 2.20. The van der Waals surface area contributed by atoms with Gasteiger partial charge in [0.2, 0.25) is 0 Å². The second kappa shape index (κ2) is 9.19. The van der Waals surface area contributed by atoms with E-state index in [0.717, 1.165) is 11.4 Å². The number of ether oxygens (including phenoxy) is 1. The standard InChI is InChI=1S/C23H26N4O2/c1-5-29-23(28)18-8-12-20(13-9-18)27-22-14-21(24-16(4)25-22)26-19-10-6-17(7-11-19)15(2)3/h6-15H,5H2,1-4H3,(H2,24,25,26,27). The van der Waals surface area contributed by atoms with E-state index in [-0.39, 0.29) is 5.97 Å². The number of esters is 1. The number of nitrogens with one attached hydrogen (secondary N) is 2. The van der Waals surface area contributed by atoms with Crippen LogP contribution in [0.5, 0.6) is 0 Å². The molecule has 0 aliphatic carbocycles. The van der Waals surface area contributed by atoms with Gasteiger partial charge in [0.25, 0.3) is 0 Å². The Balaban J connectivity index is 1.72. The van der Waals surface area contributed by atoms with Crippen LogP contribution in [0.2, 0.25) is 0 Å². The monoisotopic (exact) mass is 390 g/mol. The minimum Gasteiger partial charge on any atom is -0.462 e. The Morgan fingerprint density at radius 2 is 1.45 bits per heavy atom. The first kappa shape index (κ1) is 20.3. The van der Waals surface area contributed by atoms with E-state index in [1.54, 1.807) is 19.1 Å². The van der Waals surface area contributed by atoms with E-state index in [1.165, 1.54) is 5.56 Å². The van der Waals surface area contributed by atoms with Gasteiger partial charge in [-0.3, -0.25) is 0 Å². The molecule has 6 heteroatoms. The number of aromatic nitrogens is 2. The number of benzene rings is 2. The number of rotatable bonds is 7. The van der Waals surface area contributed by atoms with E-state index in [2.05, 4.69) is 46.6 Å². The highest BCUT2D eigenvalue weighted by Gasteiger charge is 2.07. The van der Waals surface area contributed by atoms with Gasteiger partial charge in [0.05, 0.1) is 12.2 Å². The average molecular weight is 390 g/mol. The summed E-state index contributed by atoms with van der Waals surface area (Å²) in [6.45, 7) is 8.34. The van der Waals surface area contributed by atoms with Crippen molar-refractivity contribution in [1.82, 2.24) is 9.97 Å².